The van der Waals surface area contributed by atoms with Gasteiger partial charge in [0.05, 0.1) is 22.8 Å². The molecule has 3 aromatic carbocycles. The Hall–Kier alpha value is -6.40. The first-order valence-corrected chi connectivity index (χ1v) is 15.7. The first-order valence-electron chi connectivity index (χ1n) is 15.7. The van der Waals surface area contributed by atoms with Crippen molar-refractivity contribution in [2.75, 3.05) is 0 Å². The van der Waals surface area contributed by atoms with E-state index in [1.165, 1.54) is 0 Å². The fourth-order valence-electron chi connectivity index (χ4n) is 5.72. The Labute approximate surface area is 280 Å². The highest BCUT2D eigenvalue weighted by atomic mass is 15.0. The van der Waals surface area contributed by atoms with Gasteiger partial charge in [-0.15, -0.1) is 0 Å². The zero-order chi connectivity index (χ0) is 32.8. The van der Waals surface area contributed by atoms with Crippen molar-refractivity contribution in [1.82, 2.24) is 19.9 Å². The van der Waals surface area contributed by atoms with Crippen LogP contribution in [0.2, 0.25) is 0 Å². The number of aromatic nitrogens is 4. The lowest BCUT2D eigenvalue weighted by molar-refractivity contribution is 0.606. The molecule has 4 aromatic heterocycles. The Morgan fingerprint density at radius 1 is 0.479 bits per heavy atom. The molecule has 6 nitrogen and oxygen atoms in total. The summed E-state index contributed by atoms with van der Waals surface area (Å²) in [5.41, 5.74) is 9.75. The third-order valence-corrected chi connectivity index (χ3v) is 8.45. The van der Waals surface area contributed by atoms with E-state index in [2.05, 4.69) is 71.1 Å². The normalized spacial score (nSPS) is 12.6. The van der Waals surface area contributed by atoms with Crippen LogP contribution in [0.3, 0.4) is 0 Å². The Morgan fingerprint density at radius 3 is 1.40 bits per heavy atom. The van der Waals surface area contributed by atoms with E-state index >= 15 is 0 Å². The maximum absolute atomic E-state index is 5.27. The molecular formula is C42H32N6. The van der Waals surface area contributed by atoms with E-state index in [1.807, 2.05) is 109 Å². The molecule has 0 saturated heterocycles. The lowest BCUT2D eigenvalue weighted by atomic mass is 9.84. The van der Waals surface area contributed by atoms with Gasteiger partial charge in [-0.05, 0) is 73.3 Å². The van der Waals surface area contributed by atoms with Gasteiger partial charge in [-0.2, -0.15) is 0 Å². The average molecular weight is 621 g/mol. The first-order chi connectivity index (χ1) is 23.6. The smallest absolute Gasteiger partial charge is 0.155 e. The molecule has 0 aliphatic heterocycles. The summed E-state index contributed by atoms with van der Waals surface area (Å²) in [6.07, 6.45) is 7.30. The quantitative estimate of drug-likeness (QED) is 0.125. The van der Waals surface area contributed by atoms with Gasteiger partial charge >= 0.3 is 0 Å². The number of rotatable bonds is 8. The number of aliphatic imine (C=N–C) groups is 2. The van der Waals surface area contributed by atoms with Crippen molar-refractivity contribution >= 4 is 12.6 Å². The van der Waals surface area contributed by atoms with Crippen molar-refractivity contribution in [3.63, 3.8) is 0 Å². The molecule has 48 heavy (non-hydrogen) atoms. The third-order valence-electron chi connectivity index (χ3n) is 8.45. The number of benzene rings is 3. The standard InChI is InChI=1S/C42H32N6/c1-42(35-10-4-3-5-11-35,36-22-18-31(19-23-36)40-25-21-34(29-47-40)38-13-7-9-27-45-38)48-41(43-2)32-16-14-30(15-17-32)39-24-20-33(28-46-39)37-12-6-8-26-44-37/h3-29H,2H2,1H3/b48-41-. The minimum Gasteiger partial charge on any atom is -0.256 e. The summed E-state index contributed by atoms with van der Waals surface area (Å²) >= 11 is 0. The predicted molar refractivity (Wildman–Crippen MR) is 195 cm³/mol. The van der Waals surface area contributed by atoms with Crippen molar-refractivity contribution in [2.24, 2.45) is 9.98 Å². The summed E-state index contributed by atoms with van der Waals surface area (Å²) in [5, 5.41) is 0. The second kappa shape index (κ2) is 13.5. The number of amidine groups is 1. The van der Waals surface area contributed by atoms with Gasteiger partial charge in [-0.25, -0.2) is 4.99 Å². The van der Waals surface area contributed by atoms with Crippen molar-refractivity contribution in [1.29, 1.82) is 0 Å². The van der Waals surface area contributed by atoms with E-state index in [0.29, 0.717) is 5.84 Å². The number of pyridine rings is 4. The van der Waals surface area contributed by atoms with Crippen LogP contribution < -0.4 is 0 Å². The number of hydrogen-bond acceptors (Lipinski definition) is 5. The van der Waals surface area contributed by atoms with Gasteiger partial charge in [-0.1, -0.05) is 91.0 Å². The number of nitrogens with zero attached hydrogens (tertiary/aromatic N) is 6. The van der Waals surface area contributed by atoms with Crippen LogP contribution in [0.5, 0.6) is 0 Å². The molecule has 0 N–H and O–H groups in total. The lowest BCUT2D eigenvalue weighted by Crippen LogP contribution is -2.23. The van der Waals surface area contributed by atoms with Gasteiger partial charge in [0.2, 0.25) is 0 Å². The molecule has 0 aliphatic carbocycles. The number of hydrogen-bond donors (Lipinski definition) is 0. The van der Waals surface area contributed by atoms with Gasteiger partial charge in [0.1, 0.15) is 5.54 Å². The molecule has 0 amide bonds. The Kier molecular flexibility index (Phi) is 8.53. The molecule has 1 atom stereocenters. The summed E-state index contributed by atoms with van der Waals surface area (Å²) < 4.78 is 0. The van der Waals surface area contributed by atoms with Crippen molar-refractivity contribution in [3.8, 4) is 45.0 Å². The summed E-state index contributed by atoms with van der Waals surface area (Å²) in [6.45, 7) is 6.01. The highest BCUT2D eigenvalue weighted by Gasteiger charge is 2.29. The second-order valence-corrected chi connectivity index (χ2v) is 11.5. The molecule has 0 aliphatic rings. The molecule has 0 bridgehead atoms. The molecule has 6 heteroatoms. The lowest BCUT2D eigenvalue weighted by Gasteiger charge is -2.28. The SMILES string of the molecule is C=N/C(=N\C(C)(c1ccccc1)c1ccc(-c2ccc(-c3ccccn3)cn2)cc1)c1ccc(-c2ccc(-c3ccccn3)cn2)cc1. The van der Waals surface area contributed by atoms with Gasteiger partial charge in [0, 0.05) is 52.6 Å². The highest BCUT2D eigenvalue weighted by molar-refractivity contribution is 6.02. The zero-order valence-electron chi connectivity index (χ0n) is 26.5. The molecule has 230 valence electrons. The van der Waals surface area contributed by atoms with Crippen LogP contribution >= 0.6 is 0 Å². The van der Waals surface area contributed by atoms with Crippen LogP contribution in [0.25, 0.3) is 45.0 Å². The van der Waals surface area contributed by atoms with Crippen molar-refractivity contribution < 1.29 is 0 Å². The summed E-state index contributed by atoms with van der Waals surface area (Å²) in [5.74, 6) is 0.558. The summed E-state index contributed by atoms with van der Waals surface area (Å²) in [4.78, 5) is 27.9. The van der Waals surface area contributed by atoms with E-state index in [0.717, 1.165) is 61.7 Å². The molecule has 7 aromatic rings. The summed E-state index contributed by atoms with van der Waals surface area (Å²) in [7, 11) is 0. The first kappa shape index (κ1) is 30.3. The van der Waals surface area contributed by atoms with E-state index in [4.69, 9.17) is 15.0 Å². The zero-order valence-corrected chi connectivity index (χ0v) is 26.5. The van der Waals surface area contributed by atoms with E-state index in [9.17, 15) is 0 Å². The minimum absolute atomic E-state index is 0.558. The molecule has 0 fully saturated rings. The van der Waals surface area contributed by atoms with Crippen LogP contribution in [-0.4, -0.2) is 32.5 Å². The molecule has 0 spiro atoms. The van der Waals surface area contributed by atoms with E-state index in [1.54, 1.807) is 12.4 Å². The maximum Gasteiger partial charge on any atom is 0.155 e. The average Bonchev–Trinajstić information content (AvgIpc) is 3.18. The van der Waals surface area contributed by atoms with Crippen LogP contribution in [-0.2, 0) is 5.54 Å². The Balaban J connectivity index is 1.17. The molecular weight excluding hydrogens is 589 g/mol. The predicted octanol–water partition coefficient (Wildman–Crippen LogP) is 9.35. The topological polar surface area (TPSA) is 76.3 Å². The maximum atomic E-state index is 5.27. The van der Waals surface area contributed by atoms with Crippen LogP contribution in [0, 0.1) is 0 Å². The molecule has 7 rings (SSSR count). The monoisotopic (exact) mass is 620 g/mol. The van der Waals surface area contributed by atoms with Gasteiger partial charge < -0.3 is 0 Å². The van der Waals surface area contributed by atoms with Gasteiger partial charge in [0.15, 0.2) is 5.84 Å². The van der Waals surface area contributed by atoms with Crippen molar-refractivity contribution in [2.45, 2.75) is 12.5 Å². The van der Waals surface area contributed by atoms with Crippen molar-refractivity contribution in [3.05, 3.63) is 181 Å². The molecule has 1 unspecified atom stereocenters. The molecule has 4 heterocycles. The Bertz CT molecular complexity index is 2150. The Morgan fingerprint density at radius 2 is 0.938 bits per heavy atom. The largest absolute Gasteiger partial charge is 0.256 e. The molecule has 0 radical (unpaired) electrons. The van der Waals surface area contributed by atoms with Crippen LogP contribution in [0.4, 0.5) is 0 Å². The molecule has 0 saturated carbocycles. The summed E-state index contributed by atoms with van der Waals surface area (Å²) in [6, 6.07) is 46.7. The minimum atomic E-state index is -0.728. The van der Waals surface area contributed by atoms with E-state index in [-0.39, 0.29) is 0 Å². The van der Waals surface area contributed by atoms with E-state index < -0.39 is 5.54 Å². The van der Waals surface area contributed by atoms with Gasteiger partial charge in [-0.3, -0.25) is 24.9 Å². The van der Waals surface area contributed by atoms with Crippen LogP contribution in [0.1, 0.15) is 23.6 Å². The fourth-order valence-corrected chi connectivity index (χ4v) is 5.72. The highest BCUT2D eigenvalue weighted by Crippen LogP contribution is 2.36. The fraction of sp³-hybridized carbons (Fsp3) is 0.0476. The van der Waals surface area contributed by atoms with Gasteiger partial charge in [0.25, 0.3) is 0 Å². The van der Waals surface area contributed by atoms with Crippen LogP contribution in [0.15, 0.2) is 174 Å². The third kappa shape index (κ3) is 6.32. The second-order valence-electron chi connectivity index (χ2n) is 11.5.